The molecular weight excluding hydrogens is 312 g/mol. The van der Waals surface area contributed by atoms with Gasteiger partial charge in [0.25, 0.3) is 5.91 Å². The fourth-order valence-electron chi connectivity index (χ4n) is 3.11. The zero-order chi connectivity index (χ0) is 16.4. The molecule has 6 nitrogen and oxygen atoms in total. The van der Waals surface area contributed by atoms with Gasteiger partial charge in [0.1, 0.15) is 5.54 Å². The molecule has 1 aromatic carbocycles. The van der Waals surface area contributed by atoms with E-state index in [0.717, 1.165) is 35.5 Å². The number of benzene rings is 1. The highest BCUT2D eigenvalue weighted by atomic mass is 32.1. The number of imide groups is 1. The van der Waals surface area contributed by atoms with Gasteiger partial charge >= 0.3 is 6.03 Å². The molecule has 3 amide bonds. The van der Waals surface area contributed by atoms with Crippen LogP contribution in [0, 0.1) is 6.92 Å². The molecule has 1 aromatic rings. The maximum atomic E-state index is 12.6. The van der Waals surface area contributed by atoms with Crippen LogP contribution < -0.4 is 16.1 Å². The normalized spacial score (nSPS) is 19.6. The molecule has 23 heavy (non-hydrogen) atoms. The van der Waals surface area contributed by atoms with Crippen LogP contribution in [0.3, 0.4) is 0 Å². The van der Waals surface area contributed by atoms with Crippen LogP contribution in [0.15, 0.2) is 24.3 Å². The Kier molecular flexibility index (Phi) is 4.21. The third-order valence-corrected chi connectivity index (χ3v) is 4.59. The highest BCUT2D eigenvalue weighted by molar-refractivity contribution is 7.80. The van der Waals surface area contributed by atoms with E-state index in [-0.39, 0.29) is 11.0 Å². The zero-order valence-corrected chi connectivity index (χ0v) is 13.8. The summed E-state index contributed by atoms with van der Waals surface area (Å²) in [5.74, 6) is -0.241. The van der Waals surface area contributed by atoms with Crippen molar-refractivity contribution in [1.29, 1.82) is 0 Å². The number of rotatable bonds is 2. The number of thiocarbonyl (C=S) groups is 1. The van der Waals surface area contributed by atoms with Crippen LogP contribution in [0.5, 0.6) is 0 Å². The average Bonchev–Trinajstić information content (AvgIpc) is 2.75. The standard InChI is InChI=1S/C16H20N4O2S/c1-11-5-7-12(8-6-11)17-14(23)19-20-13(21)16(18-15(20)22)9-3-2-4-10-16/h5-8H,2-4,9-10H2,1H3,(H,18,22)(H2,17,19,23). The Morgan fingerprint density at radius 3 is 2.48 bits per heavy atom. The van der Waals surface area contributed by atoms with Gasteiger partial charge in [-0.2, -0.15) is 5.01 Å². The molecule has 0 bridgehead atoms. The molecule has 0 radical (unpaired) electrons. The Hall–Kier alpha value is -2.15. The van der Waals surface area contributed by atoms with Crippen molar-refractivity contribution in [1.82, 2.24) is 15.8 Å². The number of carbonyl (C=O) groups excluding carboxylic acids is 2. The van der Waals surface area contributed by atoms with Crippen LogP contribution in [-0.2, 0) is 4.79 Å². The van der Waals surface area contributed by atoms with E-state index in [0.29, 0.717) is 12.8 Å². The molecule has 1 heterocycles. The highest BCUT2D eigenvalue weighted by Gasteiger charge is 2.51. The Balaban J connectivity index is 1.65. The van der Waals surface area contributed by atoms with Crippen molar-refractivity contribution in [3.63, 3.8) is 0 Å². The molecule has 3 rings (SSSR count). The topological polar surface area (TPSA) is 73.5 Å². The molecule has 1 saturated carbocycles. The first-order valence-corrected chi connectivity index (χ1v) is 8.22. The maximum absolute atomic E-state index is 12.6. The van der Waals surface area contributed by atoms with Crippen LogP contribution in [0.1, 0.15) is 37.7 Å². The van der Waals surface area contributed by atoms with E-state index in [2.05, 4.69) is 16.1 Å². The SMILES string of the molecule is Cc1ccc(NC(=S)NN2C(=O)NC3(CCCCC3)C2=O)cc1. The number of aryl methyl sites for hydroxylation is 1. The van der Waals surface area contributed by atoms with Crippen LogP contribution in [0.4, 0.5) is 10.5 Å². The number of urea groups is 1. The van der Waals surface area contributed by atoms with Gasteiger partial charge in [0.2, 0.25) is 0 Å². The Bertz CT molecular complexity index is 638. The Morgan fingerprint density at radius 2 is 1.83 bits per heavy atom. The molecule has 1 aliphatic heterocycles. The van der Waals surface area contributed by atoms with Gasteiger partial charge in [-0.3, -0.25) is 10.2 Å². The van der Waals surface area contributed by atoms with Gasteiger partial charge in [-0.1, -0.05) is 37.0 Å². The van der Waals surface area contributed by atoms with Gasteiger partial charge < -0.3 is 10.6 Å². The molecule has 2 fully saturated rings. The van der Waals surface area contributed by atoms with E-state index in [1.54, 1.807) is 0 Å². The zero-order valence-electron chi connectivity index (χ0n) is 13.0. The quantitative estimate of drug-likeness (QED) is 0.573. The predicted molar refractivity (Wildman–Crippen MR) is 91.7 cm³/mol. The fraction of sp³-hybridized carbons (Fsp3) is 0.438. The third kappa shape index (κ3) is 3.14. The summed E-state index contributed by atoms with van der Waals surface area (Å²) >= 11 is 5.21. The number of hydrogen-bond acceptors (Lipinski definition) is 3. The van der Waals surface area contributed by atoms with Crippen molar-refractivity contribution in [2.45, 2.75) is 44.6 Å². The smallest absolute Gasteiger partial charge is 0.331 e. The minimum atomic E-state index is -0.748. The monoisotopic (exact) mass is 332 g/mol. The van der Waals surface area contributed by atoms with Gasteiger partial charge in [0.05, 0.1) is 0 Å². The first kappa shape index (κ1) is 15.7. The van der Waals surface area contributed by atoms with Crippen LogP contribution in [0.2, 0.25) is 0 Å². The minimum Gasteiger partial charge on any atom is -0.331 e. The van der Waals surface area contributed by atoms with E-state index in [4.69, 9.17) is 12.2 Å². The molecular formula is C16H20N4O2S. The van der Waals surface area contributed by atoms with Crippen molar-refractivity contribution in [3.05, 3.63) is 29.8 Å². The average molecular weight is 332 g/mol. The lowest BCUT2D eigenvalue weighted by Crippen LogP contribution is -2.51. The van der Waals surface area contributed by atoms with Crippen molar-refractivity contribution in [2.24, 2.45) is 0 Å². The number of anilines is 1. The van der Waals surface area contributed by atoms with Crippen molar-refractivity contribution < 1.29 is 9.59 Å². The molecule has 2 aliphatic rings. The molecule has 122 valence electrons. The lowest BCUT2D eigenvalue weighted by molar-refractivity contribution is -0.133. The summed E-state index contributed by atoms with van der Waals surface area (Å²) in [4.78, 5) is 24.8. The van der Waals surface area contributed by atoms with E-state index in [1.807, 2.05) is 31.2 Å². The van der Waals surface area contributed by atoms with E-state index < -0.39 is 11.6 Å². The van der Waals surface area contributed by atoms with Crippen LogP contribution in [0.25, 0.3) is 0 Å². The number of nitrogens with one attached hydrogen (secondary N) is 3. The minimum absolute atomic E-state index is 0.213. The van der Waals surface area contributed by atoms with Gasteiger partial charge in [-0.05, 0) is 44.1 Å². The lowest BCUT2D eigenvalue weighted by Gasteiger charge is -2.30. The second-order valence-electron chi connectivity index (χ2n) is 6.15. The molecule has 7 heteroatoms. The van der Waals surface area contributed by atoms with E-state index in [1.165, 1.54) is 0 Å². The van der Waals surface area contributed by atoms with Crippen molar-refractivity contribution in [3.8, 4) is 0 Å². The van der Waals surface area contributed by atoms with Gasteiger partial charge in [-0.25, -0.2) is 4.79 Å². The van der Waals surface area contributed by atoms with Gasteiger partial charge in [0, 0.05) is 5.69 Å². The summed E-state index contributed by atoms with van der Waals surface area (Å²) in [5.41, 5.74) is 3.90. The number of amides is 3. The van der Waals surface area contributed by atoms with Crippen LogP contribution >= 0.6 is 12.2 Å². The molecule has 3 N–H and O–H groups in total. The largest absolute Gasteiger partial charge is 0.344 e. The summed E-state index contributed by atoms with van der Waals surface area (Å²) in [6.45, 7) is 2.00. The fourth-order valence-corrected chi connectivity index (χ4v) is 3.32. The number of nitrogens with zero attached hydrogens (tertiary/aromatic N) is 1. The summed E-state index contributed by atoms with van der Waals surface area (Å²) in [7, 11) is 0. The maximum Gasteiger partial charge on any atom is 0.344 e. The van der Waals surface area contributed by atoms with Gasteiger partial charge in [-0.15, -0.1) is 0 Å². The second kappa shape index (κ2) is 6.16. The first-order valence-electron chi connectivity index (χ1n) is 7.81. The number of hydrazine groups is 1. The Labute approximate surface area is 140 Å². The van der Waals surface area contributed by atoms with E-state index in [9.17, 15) is 9.59 Å². The van der Waals surface area contributed by atoms with E-state index >= 15 is 0 Å². The number of hydrogen-bond donors (Lipinski definition) is 3. The van der Waals surface area contributed by atoms with Crippen molar-refractivity contribution in [2.75, 3.05) is 5.32 Å². The van der Waals surface area contributed by atoms with Crippen molar-refractivity contribution >= 4 is 35.0 Å². The molecule has 1 spiro atoms. The van der Waals surface area contributed by atoms with Gasteiger partial charge in [0.15, 0.2) is 5.11 Å². The second-order valence-corrected chi connectivity index (χ2v) is 6.55. The van der Waals surface area contributed by atoms with Crippen LogP contribution in [-0.4, -0.2) is 27.6 Å². The Morgan fingerprint density at radius 1 is 1.17 bits per heavy atom. The third-order valence-electron chi connectivity index (χ3n) is 4.39. The summed E-state index contributed by atoms with van der Waals surface area (Å²) < 4.78 is 0. The summed E-state index contributed by atoms with van der Waals surface area (Å²) in [6, 6.07) is 7.24. The predicted octanol–water partition coefficient (Wildman–Crippen LogP) is 2.45. The lowest BCUT2D eigenvalue weighted by atomic mass is 9.82. The molecule has 1 saturated heterocycles. The summed E-state index contributed by atoms with van der Waals surface area (Å²) in [5, 5.41) is 7.02. The molecule has 0 atom stereocenters. The summed E-state index contributed by atoms with van der Waals surface area (Å²) in [6.07, 6.45) is 4.38. The molecule has 1 aliphatic carbocycles. The highest BCUT2D eigenvalue weighted by Crippen LogP contribution is 2.32. The first-order chi connectivity index (χ1) is 11.0. The molecule has 0 unspecified atom stereocenters. The number of carbonyl (C=O) groups is 2. The molecule has 0 aromatic heterocycles.